The monoisotopic (exact) mass is 342 g/mol. The van der Waals surface area contributed by atoms with Gasteiger partial charge in [0.25, 0.3) is 5.91 Å². The van der Waals surface area contributed by atoms with Crippen molar-refractivity contribution in [3.05, 3.63) is 24.3 Å². The van der Waals surface area contributed by atoms with Gasteiger partial charge in [0.1, 0.15) is 5.75 Å². The van der Waals surface area contributed by atoms with Crippen molar-refractivity contribution in [2.75, 3.05) is 20.2 Å². The molecule has 1 aromatic carbocycles. The van der Waals surface area contributed by atoms with Crippen LogP contribution < -0.4 is 14.8 Å². The maximum atomic E-state index is 12.2. The average Bonchev–Trinajstić information content (AvgIpc) is 3.06. The number of hydrogen-bond acceptors (Lipinski definition) is 5. The van der Waals surface area contributed by atoms with Gasteiger partial charge in [-0.3, -0.25) is 4.79 Å². The molecule has 23 heavy (non-hydrogen) atoms. The lowest BCUT2D eigenvalue weighted by Gasteiger charge is -2.14. The Morgan fingerprint density at radius 2 is 2.09 bits per heavy atom. The van der Waals surface area contributed by atoms with Crippen molar-refractivity contribution in [2.24, 2.45) is 0 Å². The zero-order valence-corrected chi connectivity index (χ0v) is 14.1. The van der Waals surface area contributed by atoms with Crippen LogP contribution in [0.1, 0.15) is 19.8 Å². The third kappa shape index (κ3) is 4.92. The Balaban J connectivity index is 1.95. The molecular weight excluding hydrogens is 320 g/mol. The molecule has 128 valence electrons. The molecule has 0 aromatic heterocycles. The van der Waals surface area contributed by atoms with Crippen molar-refractivity contribution in [1.82, 2.24) is 10.0 Å². The molecule has 1 aliphatic heterocycles. The molecule has 1 aromatic rings. The highest BCUT2D eigenvalue weighted by Gasteiger charge is 2.20. The zero-order valence-electron chi connectivity index (χ0n) is 13.2. The van der Waals surface area contributed by atoms with Gasteiger partial charge in [-0.1, -0.05) is 0 Å². The fourth-order valence-electron chi connectivity index (χ4n) is 2.25. The van der Waals surface area contributed by atoms with Crippen molar-refractivity contribution < 1.29 is 22.7 Å². The fourth-order valence-corrected chi connectivity index (χ4v) is 3.32. The van der Waals surface area contributed by atoms with Crippen molar-refractivity contribution >= 4 is 15.9 Å². The summed E-state index contributed by atoms with van der Waals surface area (Å²) in [7, 11) is -2.05. The van der Waals surface area contributed by atoms with E-state index < -0.39 is 16.1 Å². The van der Waals surface area contributed by atoms with Gasteiger partial charge in [-0.15, -0.1) is 0 Å². The number of nitrogens with one attached hydrogen (secondary N) is 2. The van der Waals surface area contributed by atoms with Gasteiger partial charge in [0, 0.05) is 20.2 Å². The Hall–Kier alpha value is -1.64. The highest BCUT2D eigenvalue weighted by atomic mass is 32.2. The summed E-state index contributed by atoms with van der Waals surface area (Å²) in [5, 5.41) is 2.48. The second-order valence-corrected chi connectivity index (χ2v) is 7.10. The molecule has 1 saturated heterocycles. The molecule has 7 nitrogen and oxygen atoms in total. The van der Waals surface area contributed by atoms with Crippen LogP contribution in [0.3, 0.4) is 0 Å². The van der Waals surface area contributed by atoms with E-state index in [9.17, 15) is 13.2 Å². The van der Waals surface area contributed by atoms with E-state index in [4.69, 9.17) is 9.47 Å². The number of rotatable bonds is 7. The third-order valence-corrected chi connectivity index (χ3v) is 5.03. The van der Waals surface area contributed by atoms with Crippen molar-refractivity contribution in [3.8, 4) is 5.75 Å². The first-order valence-electron chi connectivity index (χ1n) is 7.52. The smallest absolute Gasteiger partial charge is 0.260 e. The van der Waals surface area contributed by atoms with E-state index in [0.717, 1.165) is 12.8 Å². The van der Waals surface area contributed by atoms with E-state index in [-0.39, 0.29) is 23.5 Å². The highest BCUT2D eigenvalue weighted by molar-refractivity contribution is 7.89. The summed E-state index contributed by atoms with van der Waals surface area (Å²) in [4.78, 5) is 11.5. The van der Waals surface area contributed by atoms with Gasteiger partial charge < -0.3 is 14.8 Å². The quantitative estimate of drug-likeness (QED) is 0.759. The zero-order chi connectivity index (χ0) is 16.9. The molecule has 1 amide bonds. The summed E-state index contributed by atoms with van der Waals surface area (Å²) in [6.07, 6.45) is 1.12. The van der Waals surface area contributed by atoms with E-state index in [1.54, 1.807) is 6.92 Å². The molecule has 0 bridgehead atoms. The molecule has 2 N–H and O–H groups in total. The topological polar surface area (TPSA) is 93.7 Å². The molecule has 1 fully saturated rings. The Labute approximate surface area is 136 Å². The van der Waals surface area contributed by atoms with Crippen molar-refractivity contribution in [3.63, 3.8) is 0 Å². The van der Waals surface area contributed by atoms with E-state index in [0.29, 0.717) is 12.4 Å². The van der Waals surface area contributed by atoms with Crippen LogP contribution in [0, 0.1) is 0 Å². The predicted octanol–water partition coefficient (Wildman–Crippen LogP) is 0.657. The molecule has 2 rings (SSSR count). The lowest BCUT2D eigenvalue weighted by atomic mass is 10.2. The van der Waals surface area contributed by atoms with Gasteiger partial charge in [-0.2, -0.15) is 0 Å². The molecule has 0 saturated carbocycles. The predicted molar refractivity (Wildman–Crippen MR) is 84.8 cm³/mol. The minimum Gasteiger partial charge on any atom is -0.481 e. The Morgan fingerprint density at radius 3 is 2.65 bits per heavy atom. The molecule has 0 radical (unpaired) electrons. The SMILES string of the molecule is CNC(=O)[C@@H](C)Oc1ccc(S(=O)(=O)NC[C@H]2CCCO2)cc1. The van der Waals surface area contributed by atoms with Crippen LogP contribution in [-0.4, -0.2) is 46.7 Å². The molecule has 1 heterocycles. The first-order chi connectivity index (χ1) is 10.9. The van der Waals surface area contributed by atoms with E-state index >= 15 is 0 Å². The van der Waals surface area contributed by atoms with Crippen LogP contribution in [0.25, 0.3) is 0 Å². The van der Waals surface area contributed by atoms with Gasteiger partial charge in [0.2, 0.25) is 10.0 Å². The molecular formula is C15H22N2O5S. The minimum absolute atomic E-state index is 0.0548. The Bertz CT molecular complexity index is 624. The molecule has 0 aliphatic carbocycles. The Morgan fingerprint density at radius 1 is 1.39 bits per heavy atom. The maximum Gasteiger partial charge on any atom is 0.260 e. The van der Waals surface area contributed by atoms with Crippen LogP contribution in [-0.2, 0) is 19.6 Å². The minimum atomic E-state index is -3.58. The number of benzene rings is 1. The highest BCUT2D eigenvalue weighted by Crippen LogP contribution is 2.18. The number of carbonyl (C=O) groups excluding carboxylic acids is 1. The summed E-state index contributed by atoms with van der Waals surface area (Å²) in [5.74, 6) is 0.180. The molecule has 0 spiro atoms. The van der Waals surface area contributed by atoms with Crippen molar-refractivity contribution in [1.29, 1.82) is 0 Å². The number of carbonyl (C=O) groups is 1. The number of ether oxygens (including phenoxy) is 2. The van der Waals surface area contributed by atoms with Gasteiger partial charge in [-0.05, 0) is 44.0 Å². The van der Waals surface area contributed by atoms with Gasteiger partial charge in [0.05, 0.1) is 11.0 Å². The fraction of sp³-hybridized carbons (Fsp3) is 0.533. The number of sulfonamides is 1. The Kier molecular flexibility index (Phi) is 5.97. The first-order valence-corrected chi connectivity index (χ1v) is 9.00. The maximum absolute atomic E-state index is 12.2. The average molecular weight is 342 g/mol. The summed E-state index contributed by atoms with van der Waals surface area (Å²) < 4.78 is 37.8. The lowest BCUT2D eigenvalue weighted by molar-refractivity contribution is -0.126. The van der Waals surface area contributed by atoms with Gasteiger partial charge in [0.15, 0.2) is 6.10 Å². The number of hydrogen-bond donors (Lipinski definition) is 2. The van der Waals surface area contributed by atoms with E-state index in [1.807, 2.05) is 0 Å². The van der Waals surface area contributed by atoms with Crippen LogP contribution in [0.4, 0.5) is 0 Å². The summed E-state index contributed by atoms with van der Waals surface area (Å²) in [6, 6.07) is 5.95. The lowest BCUT2D eigenvalue weighted by Crippen LogP contribution is -2.33. The standard InChI is InChI=1S/C15H22N2O5S/c1-11(15(18)16-2)22-12-5-7-14(8-6-12)23(19,20)17-10-13-4-3-9-21-13/h5-8,11,13,17H,3-4,9-10H2,1-2H3,(H,16,18)/t11-,13-/m1/s1. The van der Waals surface area contributed by atoms with E-state index in [2.05, 4.69) is 10.0 Å². The van der Waals surface area contributed by atoms with Gasteiger partial charge >= 0.3 is 0 Å². The second kappa shape index (κ2) is 7.76. The number of likely N-dealkylation sites (N-methyl/N-ethyl adjacent to an activating group) is 1. The van der Waals surface area contributed by atoms with Crippen LogP contribution >= 0.6 is 0 Å². The van der Waals surface area contributed by atoms with E-state index in [1.165, 1.54) is 31.3 Å². The van der Waals surface area contributed by atoms with Crippen LogP contribution in [0.2, 0.25) is 0 Å². The van der Waals surface area contributed by atoms with Crippen LogP contribution in [0.5, 0.6) is 5.75 Å². The van der Waals surface area contributed by atoms with Gasteiger partial charge in [-0.25, -0.2) is 13.1 Å². The number of amides is 1. The molecule has 8 heteroatoms. The molecule has 1 aliphatic rings. The summed E-state index contributed by atoms with van der Waals surface area (Å²) in [6.45, 7) is 2.57. The molecule has 0 unspecified atom stereocenters. The third-order valence-electron chi connectivity index (χ3n) is 3.59. The molecule has 2 atom stereocenters. The van der Waals surface area contributed by atoms with Crippen LogP contribution in [0.15, 0.2) is 29.2 Å². The summed E-state index contributed by atoms with van der Waals surface area (Å²) >= 11 is 0. The second-order valence-electron chi connectivity index (χ2n) is 5.33. The van der Waals surface area contributed by atoms with Crippen molar-refractivity contribution in [2.45, 2.75) is 36.9 Å². The normalized spacial score (nSPS) is 19.3. The largest absolute Gasteiger partial charge is 0.481 e. The summed E-state index contributed by atoms with van der Waals surface area (Å²) in [5.41, 5.74) is 0. The first kappa shape index (κ1) is 17.7.